The minimum absolute atomic E-state index is 0.0439. The molecule has 0 aliphatic carbocycles. The molecule has 2 aromatic heterocycles. The first-order valence-electron chi connectivity index (χ1n) is 7.37. The van der Waals surface area contributed by atoms with Crippen molar-refractivity contribution in [1.82, 2.24) is 4.98 Å². The van der Waals surface area contributed by atoms with E-state index in [9.17, 15) is 4.79 Å². The second-order valence-electron chi connectivity index (χ2n) is 5.05. The third-order valence-corrected chi connectivity index (χ3v) is 5.34. The van der Waals surface area contributed by atoms with Crippen molar-refractivity contribution in [3.63, 3.8) is 0 Å². The SMILES string of the molecule is CCN(C(=O)c1ccc(-c2ccc(Cl)cc2)s1)c1ccc(Br)cn1. The van der Waals surface area contributed by atoms with Crippen LogP contribution in [0.5, 0.6) is 0 Å². The molecule has 0 fully saturated rings. The van der Waals surface area contributed by atoms with Crippen molar-refractivity contribution in [2.45, 2.75) is 6.92 Å². The van der Waals surface area contributed by atoms with Gasteiger partial charge in [-0.15, -0.1) is 11.3 Å². The predicted molar refractivity (Wildman–Crippen MR) is 104 cm³/mol. The summed E-state index contributed by atoms with van der Waals surface area (Å²) in [6.07, 6.45) is 1.69. The van der Waals surface area contributed by atoms with E-state index < -0.39 is 0 Å². The number of carbonyl (C=O) groups excluding carboxylic acids is 1. The number of nitrogens with zero attached hydrogens (tertiary/aromatic N) is 2. The lowest BCUT2D eigenvalue weighted by Gasteiger charge is -2.19. The average molecular weight is 422 g/mol. The molecule has 0 atom stereocenters. The fourth-order valence-electron chi connectivity index (χ4n) is 2.29. The first-order valence-corrected chi connectivity index (χ1v) is 9.36. The highest BCUT2D eigenvalue weighted by molar-refractivity contribution is 9.10. The van der Waals surface area contributed by atoms with Crippen LogP contribution >= 0.6 is 38.9 Å². The molecule has 1 amide bonds. The van der Waals surface area contributed by atoms with Crippen LogP contribution in [-0.4, -0.2) is 17.4 Å². The highest BCUT2D eigenvalue weighted by Crippen LogP contribution is 2.30. The molecule has 6 heteroatoms. The number of pyridine rings is 1. The van der Waals surface area contributed by atoms with Crippen LogP contribution in [0, 0.1) is 0 Å². The molecule has 1 aromatic carbocycles. The smallest absolute Gasteiger partial charge is 0.269 e. The Morgan fingerprint density at radius 3 is 2.54 bits per heavy atom. The van der Waals surface area contributed by atoms with E-state index in [1.54, 1.807) is 11.1 Å². The second-order valence-corrected chi connectivity index (χ2v) is 7.49. The van der Waals surface area contributed by atoms with Crippen molar-refractivity contribution >= 4 is 50.6 Å². The maximum atomic E-state index is 12.8. The van der Waals surface area contributed by atoms with Gasteiger partial charge in [0.15, 0.2) is 0 Å². The van der Waals surface area contributed by atoms with Gasteiger partial charge in [0.1, 0.15) is 5.82 Å². The fraction of sp³-hybridized carbons (Fsp3) is 0.111. The molecule has 3 nitrogen and oxygen atoms in total. The molecule has 2 heterocycles. The van der Waals surface area contributed by atoms with Gasteiger partial charge >= 0.3 is 0 Å². The van der Waals surface area contributed by atoms with Crippen LogP contribution in [0.1, 0.15) is 16.6 Å². The van der Waals surface area contributed by atoms with Gasteiger partial charge in [-0.2, -0.15) is 0 Å². The Balaban J connectivity index is 1.86. The number of amides is 1. The van der Waals surface area contributed by atoms with Crippen LogP contribution in [0.3, 0.4) is 0 Å². The summed E-state index contributed by atoms with van der Waals surface area (Å²) in [7, 11) is 0. The molecule has 0 bridgehead atoms. The van der Waals surface area contributed by atoms with E-state index in [1.165, 1.54) is 11.3 Å². The first-order chi connectivity index (χ1) is 11.6. The van der Waals surface area contributed by atoms with E-state index in [0.29, 0.717) is 22.3 Å². The normalized spacial score (nSPS) is 10.6. The van der Waals surface area contributed by atoms with Gasteiger partial charge in [-0.1, -0.05) is 23.7 Å². The average Bonchev–Trinajstić information content (AvgIpc) is 3.08. The Bertz CT molecular complexity index is 846. The number of carbonyl (C=O) groups is 1. The number of benzene rings is 1. The van der Waals surface area contributed by atoms with Crippen molar-refractivity contribution in [1.29, 1.82) is 0 Å². The van der Waals surface area contributed by atoms with Gasteiger partial charge in [-0.05, 0) is 64.8 Å². The number of thiophene rings is 1. The summed E-state index contributed by atoms with van der Waals surface area (Å²) in [5, 5.41) is 0.699. The zero-order valence-electron chi connectivity index (χ0n) is 12.9. The zero-order valence-corrected chi connectivity index (χ0v) is 16.0. The first kappa shape index (κ1) is 17.1. The van der Waals surface area contributed by atoms with Crippen molar-refractivity contribution in [3.8, 4) is 10.4 Å². The van der Waals surface area contributed by atoms with E-state index in [4.69, 9.17) is 11.6 Å². The topological polar surface area (TPSA) is 33.2 Å². The highest BCUT2D eigenvalue weighted by atomic mass is 79.9. The summed E-state index contributed by atoms with van der Waals surface area (Å²) in [6.45, 7) is 2.50. The molecular weight excluding hydrogens is 408 g/mol. The Morgan fingerprint density at radius 2 is 1.92 bits per heavy atom. The standard InChI is InChI=1S/C18H14BrClN2OS/c1-2-22(17-10-5-13(19)11-21-17)18(23)16-9-8-15(24-16)12-3-6-14(20)7-4-12/h3-11H,2H2,1H3. The van der Waals surface area contributed by atoms with Crippen molar-refractivity contribution < 1.29 is 4.79 Å². The molecule has 24 heavy (non-hydrogen) atoms. The van der Waals surface area contributed by atoms with Crippen molar-refractivity contribution in [2.75, 3.05) is 11.4 Å². The molecule has 0 spiro atoms. The molecule has 3 aromatic rings. The summed E-state index contributed by atoms with van der Waals surface area (Å²) in [4.78, 5) is 20.5. The number of halogens is 2. The lowest BCUT2D eigenvalue weighted by Crippen LogP contribution is -2.30. The van der Waals surface area contributed by atoms with Crippen molar-refractivity contribution in [2.24, 2.45) is 0 Å². The molecule has 3 rings (SSSR count). The predicted octanol–water partition coefficient (Wildman–Crippen LogP) is 5.89. The van der Waals surface area contributed by atoms with Crippen LogP contribution in [0.15, 0.2) is 59.2 Å². The molecule has 0 aliphatic heterocycles. The molecule has 0 unspecified atom stereocenters. The lowest BCUT2D eigenvalue weighted by atomic mass is 10.2. The second kappa shape index (κ2) is 7.47. The Kier molecular flexibility index (Phi) is 5.33. The van der Waals surface area contributed by atoms with E-state index >= 15 is 0 Å². The maximum absolute atomic E-state index is 12.8. The molecule has 0 radical (unpaired) electrons. The minimum Gasteiger partial charge on any atom is -0.292 e. The molecule has 122 valence electrons. The number of hydrogen-bond acceptors (Lipinski definition) is 3. The van der Waals surface area contributed by atoms with Gasteiger partial charge in [0.2, 0.25) is 0 Å². The van der Waals surface area contributed by atoms with Crippen LogP contribution in [-0.2, 0) is 0 Å². The van der Waals surface area contributed by atoms with Gasteiger partial charge in [0.25, 0.3) is 5.91 Å². The summed E-state index contributed by atoms with van der Waals surface area (Å²) in [5.41, 5.74) is 1.05. The summed E-state index contributed by atoms with van der Waals surface area (Å²) >= 11 is 10.8. The largest absolute Gasteiger partial charge is 0.292 e. The van der Waals surface area contributed by atoms with Gasteiger partial charge in [0.05, 0.1) is 4.88 Å². The maximum Gasteiger partial charge on any atom is 0.269 e. The van der Waals surface area contributed by atoms with E-state index in [1.807, 2.05) is 55.5 Å². The molecule has 0 saturated carbocycles. The van der Waals surface area contributed by atoms with Crippen LogP contribution < -0.4 is 4.90 Å². The molecule has 0 saturated heterocycles. The summed E-state index contributed by atoms with van der Waals surface area (Å²) in [5.74, 6) is 0.602. The fourth-order valence-corrected chi connectivity index (χ4v) is 3.61. The number of aromatic nitrogens is 1. The molecule has 0 N–H and O–H groups in total. The number of hydrogen-bond donors (Lipinski definition) is 0. The van der Waals surface area contributed by atoms with Crippen molar-refractivity contribution in [3.05, 3.63) is 69.1 Å². The van der Waals surface area contributed by atoms with Crippen LogP contribution in [0.4, 0.5) is 5.82 Å². The van der Waals surface area contributed by atoms with Crippen LogP contribution in [0.25, 0.3) is 10.4 Å². The molecular formula is C18H14BrClN2OS. The zero-order chi connectivity index (χ0) is 17.1. The van der Waals surface area contributed by atoms with E-state index in [-0.39, 0.29) is 5.91 Å². The van der Waals surface area contributed by atoms with Gasteiger partial charge < -0.3 is 0 Å². The van der Waals surface area contributed by atoms with Crippen LogP contribution in [0.2, 0.25) is 5.02 Å². The summed E-state index contributed by atoms with van der Waals surface area (Å²) < 4.78 is 0.885. The van der Waals surface area contributed by atoms with E-state index in [2.05, 4.69) is 20.9 Å². The van der Waals surface area contributed by atoms with E-state index in [0.717, 1.165) is 14.9 Å². The Morgan fingerprint density at radius 1 is 1.17 bits per heavy atom. The minimum atomic E-state index is -0.0439. The van der Waals surface area contributed by atoms with Gasteiger partial charge in [0, 0.05) is 27.1 Å². The quantitative estimate of drug-likeness (QED) is 0.526. The summed E-state index contributed by atoms with van der Waals surface area (Å²) in [6, 6.07) is 15.1. The third-order valence-electron chi connectivity index (χ3n) is 3.50. The third kappa shape index (κ3) is 3.69. The number of anilines is 1. The lowest BCUT2D eigenvalue weighted by molar-refractivity contribution is 0.0991. The molecule has 0 aliphatic rings. The highest BCUT2D eigenvalue weighted by Gasteiger charge is 2.19. The Hall–Kier alpha value is -1.69. The van der Waals surface area contributed by atoms with Gasteiger partial charge in [-0.3, -0.25) is 9.69 Å². The number of rotatable bonds is 4. The Labute approximate surface area is 158 Å². The monoisotopic (exact) mass is 420 g/mol. The van der Waals surface area contributed by atoms with Gasteiger partial charge in [-0.25, -0.2) is 4.98 Å².